The van der Waals surface area contributed by atoms with Crippen molar-refractivity contribution in [1.29, 1.82) is 0 Å². The molecule has 2 aromatic rings. The molecule has 2 rings (SSSR count). The van der Waals surface area contributed by atoms with Crippen LogP contribution in [0.2, 0.25) is 0 Å². The topological polar surface area (TPSA) is 60.2 Å². The fourth-order valence-electron chi connectivity index (χ4n) is 1.92. The Morgan fingerprint density at radius 3 is 2.52 bits per heavy atom. The van der Waals surface area contributed by atoms with Crippen LogP contribution in [0, 0.1) is 5.82 Å². The fourth-order valence-corrected chi connectivity index (χ4v) is 1.92. The Morgan fingerprint density at radius 2 is 2.04 bits per heavy atom. The predicted octanol–water partition coefficient (Wildman–Crippen LogP) is 3.33. The average Bonchev–Trinajstić information content (AvgIpc) is 2.90. The zero-order valence-corrected chi connectivity index (χ0v) is 13.9. The van der Waals surface area contributed by atoms with Crippen molar-refractivity contribution in [3.05, 3.63) is 42.1 Å². The largest absolute Gasteiger partial charge is 0.444 e. The summed E-state index contributed by atoms with van der Waals surface area (Å²) >= 11 is 0. The van der Waals surface area contributed by atoms with Crippen LogP contribution < -0.4 is 0 Å². The third kappa shape index (κ3) is 4.28. The molecule has 0 radical (unpaired) electrons. The number of hydrogen-bond donors (Lipinski definition) is 0. The molecule has 0 fully saturated rings. The van der Waals surface area contributed by atoms with Crippen LogP contribution in [0.25, 0.3) is 5.82 Å². The Labute approximate surface area is 134 Å². The third-order valence-corrected chi connectivity index (χ3v) is 3.30. The lowest BCUT2D eigenvalue weighted by Crippen LogP contribution is -2.35. The molecule has 7 heteroatoms. The first kappa shape index (κ1) is 16.9. The highest BCUT2D eigenvalue weighted by atomic mass is 19.1. The summed E-state index contributed by atoms with van der Waals surface area (Å²) in [7, 11) is 1.68. The number of halogens is 1. The van der Waals surface area contributed by atoms with Gasteiger partial charge in [0.15, 0.2) is 11.6 Å². The van der Waals surface area contributed by atoms with Gasteiger partial charge in [-0.1, -0.05) is 6.07 Å². The van der Waals surface area contributed by atoms with Gasteiger partial charge in [0, 0.05) is 13.2 Å². The van der Waals surface area contributed by atoms with Crippen molar-refractivity contribution < 1.29 is 13.9 Å². The number of aromatic nitrogens is 3. The minimum atomic E-state index is -0.544. The van der Waals surface area contributed by atoms with Crippen LogP contribution in [0.3, 0.4) is 0 Å². The summed E-state index contributed by atoms with van der Waals surface area (Å²) in [6.07, 6.45) is 3.61. The predicted molar refractivity (Wildman–Crippen MR) is 83.7 cm³/mol. The van der Waals surface area contributed by atoms with E-state index in [-0.39, 0.29) is 6.04 Å². The molecule has 0 saturated heterocycles. The van der Waals surface area contributed by atoms with E-state index in [2.05, 4.69) is 10.1 Å². The van der Waals surface area contributed by atoms with E-state index in [1.807, 2.05) is 33.8 Å². The van der Waals surface area contributed by atoms with E-state index < -0.39 is 17.5 Å². The summed E-state index contributed by atoms with van der Waals surface area (Å²) in [6, 6.07) is 3.34. The smallest absolute Gasteiger partial charge is 0.410 e. The summed E-state index contributed by atoms with van der Waals surface area (Å²) in [4.78, 5) is 17.9. The number of hydrogen-bond acceptors (Lipinski definition) is 4. The van der Waals surface area contributed by atoms with E-state index in [0.29, 0.717) is 5.82 Å². The standard InChI is InChI=1S/C16H21FN4O2/c1-11(20(5)15(22)23-16(2,3)4)12-6-7-14(18-8-12)21-10-13(17)9-19-21/h6-11H,1-5H3. The lowest BCUT2D eigenvalue weighted by molar-refractivity contribution is 0.0233. The summed E-state index contributed by atoms with van der Waals surface area (Å²) in [5, 5.41) is 3.86. The zero-order valence-electron chi connectivity index (χ0n) is 13.9. The number of carbonyl (C=O) groups excluding carboxylic acids is 1. The maximum Gasteiger partial charge on any atom is 0.410 e. The average molecular weight is 320 g/mol. The minimum absolute atomic E-state index is 0.208. The summed E-state index contributed by atoms with van der Waals surface area (Å²) < 4.78 is 19.7. The van der Waals surface area contributed by atoms with Crippen LogP contribution in [0.5, 0.6) is 0 Å². The molecule has 6 nitrogen and oxygen atoms in total. The van der Waals surface area contributed by atoms with Gasteiger partial charge in [-0.3, -0.25) is 0 Å². The molecule has 0 N–H and O–H groups in total. The van der Waals surface area contributed by atoms with Gasteiger partial charge in [-0.25, -0.2) is 18.9 Å². The third-order valence-electron chi connectivity index (χ3n) is 3.30. The molecular weight excluding hydrogens is 299 g/mol. The van der Waals surface area contributed by atoms with Gasteiger partial charge in [0.25, 0.3) is 0 Å². The molecule has 0 bridgehead atoms. The van der Waals surface area contributed by atoms with Gasteiger partial charge in [-0.05, 0) is 39.3 Å². The Bertz CT molecular complexity index is 676. The number of nitrogens with zero attached hydrogens (tertiary/aromatic N) is 4. The number of carbonyl (C=O) groups is 1. The molecule has 23 heavy (non-hydrogen) atoms. The van der Waals surface area contributed by atoms with Gasteiger partial charge in [-0.15, -0.1) is 0 Å². The first-order valence-electron chi connectivity index (χ1n) is 7.29. The number of rotatable bonds is 3. The fraction of sp³-hybridized carbons (Fsp3) is 0.438. The van der Waals surface area contributed by atoms with Crippen molar-refractivity contribution in [3.8, 4) is 5.82 Å². The molecule has 2 heterocycles. The Kier molecular flexibility index (Phi) is 4.68. The van der Waals surface area contributed by atoms with Gasteiger partial charge < -0.3 is 9.64 Å². The highest BCUT2D eigenvalue weighted by molar-refractivity contribution is 5.68. The van der Waals surface area contributed by atoms with Gasteiger partial charge in [0.2, 0.25) is 0 Å². The quantitative estimate of drug-likeness (QED) is 0.870. The number of amides is 1. The van der Waals surface area contributed by atoms with E-state index in [4.69, 9.17) is 4.74 Å². The maximum atomic E-state index is 13.0. The number of pyridine rings is 1. The molecule has 0 aliphatic rings. The van der Waals surface area contributed by atoms with Gasteiger partial charge in [-0.2, -0.15) is 5.10 Å². The second-order valence-corrected chi connectivity index (χ2v) is 6.32. The molecule has 1 atom stereocenters. The van der Waals surface area contributed by atoms with E-state index in [9.17, 15) is 9.18 Å². The number of ether oxygens (including phenoxy) is 1. The highest BCUT2D eigenvalue weighted by Gasteiger charge is 2.23. The molecule has 1 amide bonds. The lowest BCUT2D eigenvalue weighted by Gasteiger charge is -2.28. The van der Waals surface area contributed by atoms with Crippen molar-refractivity contribution in [3.63, 3.8) is 0 Å². The maximum absolute atomic E-state index is 13.0. The molecular formula is C16H21FN4O2. The molecule has 124 valence electrons. The Morgan fingerprint density at radius 1 is 1.35 bits per heavy atom. The normalized spacial score (nSPS) is 12.8. The van der Waals surface area contributed by atoms with Crippen LogP contribution >= 0.6 is 0 Å². The SMILES string of the molecule is CC(c1ccc(-n2cc(F)cn2)nc1)N(C)C(=O)OC(C)(C)C. The van der Waals surface area contributed by atoms with Crippen molar-refractivity contribution in [1.82, 2.24) is 19.7 Å². The molecule has 0 saturated carbocycles. The Balaban J connectivity index is 2.10. The van der Waals surface area contributed by atoms with Crippen LogP contribution in [-0.4, -0.2) is 38.4 Å². The summed E-state index contributed by atoms with van der Waals surface area (Å²) in [5.74, 6) is 0.0821. The van der Waals surface area contributed by atoms with Crippen molar-refractivity contribution in [2.75, 3.05) is 7.05 Å². The molecule has 0 aliphatic heterocycles. The van der Waals surface area contributed by atoms with Gasteiger partial charge in [0.1, 0.15) is 5.60 Å². The second kappa shape index (κ2) is 6.36. The van der Waals surface area contributed by atoms with E-state index in [1.54, 1.807) is 19.3 Å². The summed E-state index contributed by atoms with van der Waals surface area (Å²) in [6.45, 7) is 7.35. The van der Waals surface area contributed by atoms with Gasteiger partial charge in [0.05, 0.1) is 18.4 Å². The Hall–Kier alpha value is -2.44. The van der Waals surface area contributed by atoms with E-state index >= 15 is 0 Å². The lowest BCUT2D eigenvalue weighted by atomic mass is 10.1. The van der Waals surface area contributed by atoms with Crippen LogP contribution in [0.1, 0.15) is 39.3 Å². The first-order valence-corrected chi connectivity index (χ1v) is 7.29. The zero-order chi connectivity index (χ0) is 17.2. The van der Waals surface area contributed by atoms with Crippen LogP contribution in [0.15, 0.2) is 30.7 Å². The van der Waals surface area contributed by atoms with Crippen molar-refractivity contribution >= 4 is 6.09 Å². The highest BCUT2D eigenvalue weighted by Crippen LogP contribution is 2.21. The molecule has 0 aliphatic carbocycles. The van der Waals surface area contributed by atoms with Crippen LogP contribution in [-0.2, 0) is 4.74 Å². The molecule has 1 unspecified atom stereocenters. The van der Waals surface area contributed by atoms with Gasteiger partial charge >= 0.3 is 6.09 Å². The molecule has 2 aromatic heterocycles. The van der Waals surface area contributed by atoms with Crippen molar-refractivity contribution in [2.45, 2.75) is 39.3 Å². The van der Waals surface area contributed by atoms with E-state index in [1.165, 1.54) is 15.8 Å². The second-order valence-electron chi connectivity index (χ2n) is 6.32. The first-order chi connectivity index (χ1) is 10.7. The molecule has 0 spiro atoms. The van der Waals surface area contributed by atoms with E-state index in [0.717, 1.165) is 11.8 Å². The van der Waals surface area contributed by atoms with Crippen molar-refractivity contribution in [2.24, 2.45) is 0 Å². The van der Waals surface area contributed by atoms with Crippen LogP contribution in [0.4, 0.5) is 9.18 Å². The minimum Gasteiger partial charge on any atom is -0.444 e. The monoisotopic (exact) mass is 320 g/mol. The summed E-state index contributed by atoms with van der Waals surface area (Å²) in [5.41, 5.74) is 0.298. The molecule has 0 aromatic carbocycles.